The van der Waals surface area contributed by atoms with E-state index in [9.17, 15) is 13.2 Å². The molecule has 174 valence electrons. The summed E-state index contributed by atoms with van der Waals surface area (Å²) < 4.78 is 39.0. The van der Waals surface area contributed by atoms with Gasteiger partial charge in [-0.2, -0.15) is 0 Å². The van der Waals surface area contributed by atoms with E-state index in [1.807, 2.05) is 20.8 Å². The summed E-state index contributed by atoms with van der Waals surface area (Å²) in [5, 5.41) is 2.78. The van der Waals surface area contributed by atoms with Gasteiger partial charge in [-0.1, -0.05) is 29.8 Å². The van der Waals surface area contributed by atoms with Crippen LogP contribution in [0.3, 0.4) is 0 Å². The maximum Gasteiger partial charge on any atom is 0.264 e. The molecule has 0 aromatic heterocycles. The van der Waals surface area contributed by atoms with Crippen LogP contribution in [0.15, 0.2) is 77.7 Å². The second-order valence-corrected chi connectivity index (χ2v) is 9.60. The number of amides is 1. The van der Waals surface area contributed by atoms with Crippen LogP contribution in [0, 0.1) is 6.92 Å². The third-order valence-electron chi connectivity index (χ3n) is 4.78. The molecule has 0 saturated heterocycles. The van der Waals surface area contributed by atoms with E-state index in [1.54, 1.807) is 60.7 Å². The van der Waals surface area contributed by atoms with Crippen molar-refractivity contribution < 1.29 is 22.7 Å². The Labute approximate surface area is 195 Å². The average Bonchev–Trinajstić information content (AvgIpc) is 2.79. The number of para-hydroxylation sites is 2. The Morgan fingerprint density at radius 3 is 2.21 bits per heavy atom. The molecule has 0 radical (unpaired) electrons. The predicted octanol–water partition coefficient (Wildman–Crippen LogP) is 4.62. The molecule has 3 rings (SSSR count). The van der Waals surface area contributed by atoms with Crippen LogP contribution in [0.4, 0.5) is 11.4 Å². The van der Waals surface area contributed by atoms with E-state index in [0.717, 1.165) is 9.87 Å². The zero-order valence-corrected chi connectivity index (χ0v) is 19.9. The van der Waals surface area contributed by atoms with Crippen LogP contribution in [0.25, 0.3) is 0 Å². The number of carbonyl (C=O) groups is 1. The summed E-state index contributed by atoms with van der Waals surface area (Å²) in [6, 6.07) is 20.1. The Hall–Kier alpha value is -3.52. The molecule has 7 nitrogen and oxygen atoms in total. The molecule has 0 spiro atoms. The molecule has 0 aliphatic rings. The molecule has 1 amide bonds. The van der Waals surface area contributed by atoms with E-state index in [2.05, 4.69) is 5.32 Å². The fourth-order valence-corrected chi connectivity index (χ4v) is 4.57. The van der Waals surface area contributed by atoms with E-state index in [-0.39, 0.29) is 11.0 Å². The number of hydrogen-bond acceptors (Lipinski definition) is 5. The number of benzene rings is 3. The van der Waals surface area contributed by atoms with E-state index in [4.69, 9.17) is 9.47 Å². The van der Waals surface area contributed by atoms with Gasteiger partial charge >= 0.3 is 0 Å². The van der Waals surface area contributed by atoms with Crippen LogP contribution in [0.1, 0.15) is 19.4 Å². The Morgan fingerprint density at radius 2 is 1.61 bits per heavy atom. The second kappa shape index (κ2) is 10.4. The summed E-state index contributed by atoms with van der Waals surface area (Å²) in [6.07, 6.45) is -0.0810. The van der Waals surface area contributed by atoms with Crippen molar-refractivity contribution in [3.05, 3.63) is 78.4 Å². The third-order valence-corrected chi connectivity index (χ3v) is 6.57. The van der Waals surface area contributed by atoms with Gasteiger partial charge in [0, 0.05) is 0 Å². The number of anilines is 2. The van der Waals surface area contributed by atoms with Crippen LogP contribution in [-0.2, 0) is 14.8 Å². The first kappa shape index (κ1) is 24.1. The molecule has 0 aliphatic heterocycles. The second-order valence-electron chi connectivity index (χ2n) is 7.73. The van der Waals surface area contributed by atoms with Crippen LogP contribution >= 0.6 is 0 Å². The minimum Gasteiger partial charge on any atom is -0.497 e. The Kier molecular flexibility index (Phi) is 7.60. The van der Waals surface area contributed by atoms with Gasteiger partial charge in [0.2, 0.25) is 5.91 Å². The van der Waals surface area contributed by atoms with Crippen molar-refractivity contribution >= 4 is 27.3 Å². The van der Waals surface area contributed by atoms with Gasteiger partial charge in [0.1, 0.15) is 18.0 Å². The molecule has 0 unspecified atom stereocenters. The van der Waals surface area contributed by atoms with Gasteiger partial charge in [-0.05, 0) is 69.3 Å². The molecule has 3 aromatic carbocycles. The van der Waals surface area contributed by atoms with Crippen molar-refractivity contribution in [2.75, 3.05) is 23.3 Å². The first-order valence-electron chi connectivity index (χ1n) is 10.5. The number of nitrogens with one attached hydrogen (secondary N) is 1. The predicted molar refractivity (Wildman–Crippen MR) is 130 cm³/mol. The molecule has 8 heteroatoms. The van der Waals surface area contributed by atoms with E-state index in [0.29, 0.717) is 22.9 Å². The molecule has 1 N–H and O–H groups in total. The SMILES string of the molecule is COc1ccc(S(=O)(=O)N(CC(=O)Nc2ccccc2OC(C)C)c2ccc(C)cc2)cc1. The topological polar surface area (TPSA) is 84.9 Å². The quantitative estimate of drug-likeness (QED) is 0.495. The number of hydrogen-bond donors (Lipinski definition) is 1. The van der Waals surface area contributed by atoms with Crippen molar-refractivity contribution in [1.82, 2.24) is 0 Å². The molecular formula is C25H28N2O5S. The van der Waals surface area contributed by atoms with Crippen molar-refractivity contribution in [2.45, 2.75) is 31.8 Å². The van der Waals surface area contributed by atoms with Crippen molar-refractivity contribution in [3.8, 4) is 11.5 Å². The minimum atomic E-state index is -4.02. The number of sulfonamides is 1. The summed E-state index contributed by atoms with van der Waals surface area (Å²) in [5.41, 5.74) is 1.84. The van der Waals surface area contributed by atoms with Gasteiger partial charge in [0.05, 0.1) is 29.5 Å². The lowest BCUT2D eigenvalue weighted by atomic mass is 10.2. The first-order chi connectivity index (χ1) is 15.7. The standard InChI is InChI=1S/C25H28N2O5S/c1-18(2)32-24-8-6-5-7-23(24)26-25(28)17-27(20-11-9-19(3)10-12-20)33(29,30)22-15-13-21(31-4)14-16-22/h5-16,18H,17H2,1-4H3,(H,26,28). The van der Waals surface area contributed by atoms with Crippen molar-refractivity contribution in [3.63, 3.8) is 0 Å². The highest BCUT2D eigenvalue weighted by atomic mass is 32.2. The molecule has 0 saturated carbocycles. The maximum atomic E-state index is 13.5. The fraction of sp³-hybridized carbons (Fsp3) is 0.240. The molecule has 0 bridgehead atoms. The summed E-state index contributed by atoms with van der Waals surface area (Å²) in [5.74, 6) is 0.559. The normalized spacial score (nSPS) is 11.2. The Bertz CT molecular complexity index is 1190. The van der Waals surface area contributed by atoms with Gasteiger partial charge in [-0.3, -0.25) is 9.10 Å². The lowest BCUT2D eigenvalue weighted by molar-refractivity contribution is -0.114. The molecule has 0 aliphatic carbocycles. The first-order valence-corrected chi connectivity index (χ1v) is 11.9. The summed E-state index contributed by atoms with van der Waals surface area (Å²) in [6.45, 7) is 5.27. The largest absolute Gasteiger partial charge is 0.497 e. The third kappa shape index (κ3) is 6.04. The molecule has 33 heavy (non-hydrogen) atoms. The lowest BCUT2D eigenvalue weighted by Gasteiger charge is -2.24. The summed E-state index contributed by atoms with van der Waals surface area (Å²) in [4.78, 5) is 13.0. The maximum absolute atomic E-state index is 13.5. The number of methoxy groups -OCH3 is 1. The smallest absolute Gasteiger partial charge is 0.264 e. The zero-order valence-electron chi connectivity index (χ0n) is 19.1. The summed E-state index contributed by atoms with van der Waals surface area (Å²) in [7, 11) is -2.52. The van der Waals surface area contributed by atoms with Crippen LogP contribution in [0.2, 0.25) is 0 Å². The number of carbonyl (C=O) groups excluding carboxylic acids is 1. The van der Waals surface area contributed by atoms with Crippen LogP contribution in [0.5, 0.6) is 11.5 Å². The zero-order chi connectivity index (χ0) is 24.0. The Morgan fingerprint density at radius 1 is 0.970 bits per heavy atom. The number of aryl methyl sites for hydroxylation is 1. The minimum absolute atomic E-state index is 0.0558. The van der Waals surface area contributed by atoms with Crippen molar-refractivity contribution in [1.29, 1.82) is 0 Å². The van der Waals surface area contributed by atoms with E-state index < -0.39 is 22.5 Å². The van der Waals surface area contributed by atoms with Gasteiger partial charge in [0.15, 0.2) is 0 Å². The molecule has 0 atom stereocenters. The number of nitrogens with zero attached hydrogens (tertiary/aromatic N) is 1. The highest BCUT2D eigenvalue weighted by Gasteiger charge is 2.27. The monoisotopic (exact) mass is 468 g/mol. The highest BCUT2D eigenvalue weighted by molar-refractivity contribution is 7.92. The van der Waals surface area contributed by atoms with Crippen LogP contribution in [-0.4, -0.2) is 34.1 Å². The van der Waals surface area contributed by atoms with Gasteiger partial charge in [-0.15, -0.1) is 0 Å². The van der Waals surface area contributed by atoms with Gasteiger partial charge in [-0.25, -0.2) is 8.42 Å². The van der Waals surface area contributed by atoms with Crippen LogP contribution < -0.4 is 19.1 Å². The van der Waals surface area contributed by atoms with Gasteiger partial charge < -0.3 is 14.8 Å². The molecule has 0 heterocycles. The lowest BCUT2D eigenvalue weighted by Crippen LogP contribution is -2.38. The summed E-state index contributed by atoms with van der Waals surface area (Å²) >= 11 is 0. The molecular weight excluding hydrogens is 440 g/mol. The average molecular weight is 469 g/mol. The van der Waals surface area contributed by atoms with Crippen molar-refractivity contribution in [2.24, 2.45) is 0 Å². The fourth-order valence-electron chi connectivity index (χ4n) is 3.15. The highest BCUT2D eigenvalue weighted by Crippen LogP contribution is 2.27. The van der Waals surface area contributed by atoms with E-state index >= 15 is 0 Å². The molecule has 3 aromatic rings. The Balaban J connectivity index is 1.92. The van der Waals surface area contributed by atoms with Gasteiger partial charge in [0.25, 0.3) is 10.0 Å². The van der Waals surface area contributed by atoms with E-state index in [1.165, 1.54) is 19.2 Å². The number of ether oxygens (including phenoxy) is 2. The molecule has 0 fully saturated rings. The number of rotatable bonds is 9.